The SMILES string of the molecule is Cc1c(C)c(C)c2[nH]c(C(CC(=O)S)C(=O)S)nc2c1C. The van der Waals surface area contributed by atoms with Crippen LogP contribution in [0.25, 0.3) is 11.0 Å². The molecule has 0 aliphatic rings. The summed E-state index contributed by atoms with van der Waals surface area (Å²) in [5.74, 6) is -0.214. The first-order valence-electron chi connectivity index (χ1n) is 6.64. The van der Waals surface area contributed by atoms with E-state index in [-0.39, 0.29) is 16.7 Å². The first-order chi connectivity index (χ1) is 9.73. The van der Waals surface area contributed by atoms with Crippen LogP contribution in [-0.2, 0) is 9.59 Å². The predicted octanol–water partition coefficient (Wildman–Crippen LogP) is 3.18. The van der Waals surface area contributed by atoms with Crippen molar-refractivity contribution >= 4 is 46.5 Å². The van der Waals surface area contributed by atoms with Crippen molar-refractivity contribution in [1.82, 2.24) is 9.97 Å². The summed E-state index contributed by atoms with van der Waals surface area (Å²) in [5.41, 5.74) is 6.34. The Morgan fingerprint density at radius 2 is 1.62 bits per heavy atom. The molecule has 0 saturated carbocycles. The lowest BCUT2D eigenvalue weighted by molar-refractivity contribution is -0.116. The number of rotatable bonds is 4. The number of aryl methyl sites for hydroxylation is 2. The maximum atomic E-state index is 11.7. The van der Waals surface area contributed by atoms with Gasteiger partial charge in [-0.3, -0.25) is 9.59 Å². The number of aromatic amines is 1. The molecular weight excluding hydrogens is 304 g/mol. The van der Waals surface area contributed by atoms with E-state index in [4.69, 9.17) is 0 Å². The molecule has 0 aliphatic heterocycles. The maximum Gasteiger partial charge on any atom is 0.197 e. The molecule has 2 aromatic rings. The number of aromatic nitrogens is 2. The van der Waals surface area contributed by atoms with Crippen LogP contribution in [-0.4, -0.2) is 20.2 Å². The van der Waals surface area contributed by atoms with Gasteiger partial charge in [-0.1, -0.05) is 0 Å². The van der Waals surface area contributed by atoms with Gasteiger partial charge in [0.25, 0.3) is 0 Å². The predicted molar refractivity (Wildman–Crippen MR) is 90.4 cm³/mol. The second-order valence-corrected chi connectivity index (χ2v) is 6.27. The zero-order chi connectivity index (χ0) is 15.9. The van der Waals surface area contributed by atoms with Crippen molar-refractivity contribution in [2.75, 3.05) is 0 Å². The van der Waals surface area contributed by atoms with Gasteiger partial charge < -0.3 is 4.98 Å². The van der Waals surface area contributed by atoms with Crippen molar-refractivity contribution in [1.29, 1.82) is 0 Å². The summed E-state index contributed by atoms with van der Waals surface area (Å²) in [6, 6.07) is 0. The number of nitrogens with zero attached hydrogens (tertiary/aromatic N) is 1. The smallest absolute Gasteiger partial charge is 0.197 e. The third-order valence-corrected chi connectivity index (χ3v) is 4.64. The lowest BCUT2D eigenvalue weighted by atomic mass is 9.98. The number of H-pyrrole nitrogens is 1. The van der Waals surface area contributed by atoms with E-state index in [1.54, 1.807) is 0 Å². The Balaban J connectivity index is 2.67. The minimum absolute atomic E-state index is 0.0126. The van der Waals surface area contributed by atoms with Gasteiger partial charge in [0.15, 0.2) is 10.2 Å². The molecule has 1 aromatic heterocycles. The number of nitrogens with one attached hydrogen (secondary N) is 1. The van der Waals surface area contributed by atoms with Crippen LogP contribution in [0.15, 0.2) is 0 Å². The zero-order valence-electron chi connectivity index (χ0n) is 12.4. The van der Waals surface area contributed by atoms with Gasteiger partial charge in [-0.2, -0.15) is 0 Å². The molecule has 0 spiro atoms. The molecule has 4 nitrogen and oxygen atoms in total. The molecule has 6 heteroatoms. The highest BCUT2D eigenvalue weighted by molar-refractivity contribution is 7.97. The molecule has 2 rings (SSSR count). The number of benzene rings is 1. The van der Waals surface area contributed by atoms with Crippen molar-refractivity contribution in [3.63, 3.8) is 0 Å². The average molecular weight is 322 g/mol. The molecule has 1 heterocycles. The van der Waals surface area contributed by atoms with Gasteiger partial charge in [0, 0.05) is 6.42 Å². The topological polar surface area (TPSA) is 62.8 Å². The van der Waals surface area contributed by atoms with E-state index in [9.17, 15) is 9.59 Å². The van der Waals surface area contributed by atoms with E-state index in [2.05, 4.69) is 49.1 Å². The van der Waals surface area contributed by atoms with Gasteiger partial charge in [-0.25, -0.2) is 4.98 Å². The lowest BCUT2D eigenvalue weighted by Crippen LogP contribution is -2.11. The third-order valence-electron chi connectivity index (χ3n) is 4.15. The Bertz CT molecular complexity index is 705. The van der Waals surface area contributed by atoms with Crippen molar-refractivity contribution in [2.24, 2.45) is 0 Å². The highest BCUT2D eigenvalue weighted by atomic mass is 32.1. The van der Waals surface area contributed by atoms with E-state index in [1.165, 1.54) is 11.1 Å². The molecule has 1 N–H and O–H groups in total. The maximum absolute atomic E-state index is 11.7. The van der Waals surface area contributed by atoms with E-state index in [1.807, 2.05) is 13.8 Å². The summed E-state index contributed by atoms with van der Waals surface area (Å²) in [4.78, 5) is 30.6. The largest absolute Gasteiger partial charge is 0.341 e. The molecular formula is C15H18N2O2S2. The first kappa shape index (κ1) is 16.1. The number of imidazole rings is 1. The Hall–Kier alpha value is -1.27. The molecule has 112 valence electrons. The molecule has 0 bridgehead atoms. The number of carbonyl (C=O) groups is 2. The van der Waals surface area contributed by atoms with Crippen molar-refractivity contribution < 1.29 is 9.59 Å². The van der Waals surface area contributed by atoms with Gasteiger partial charge in [0.1, 0.15) is 5.82 Å². The number of hydrogen-bond donors (Lipinski definition) is 3. The summed E-state index contributed by atoms with van der Waals surface area (Å²) in [5, 5.41) is -0.746. The number of fused-ring (bicyclic) bond motifs is 1. The molecule has 0 radical (unpaired) electrons. The standard InChI is InChI=1S/C15H18N2O2S2/c1-6-7(2)9(4)13-12(8(6)3)16-14(17-13)10(15(19)21)5-11(18)20/h10H,5H2,1-4H3,(H,16,17)(H,18,20)(H,19,21). The number of carbonyl (C=O) groups excluding carboxylic acids is 2. The Morgan fingerprint density at radius 3 is 2.14 bits per heavy atom. The second kappa shape index (κ2) is 5.85. The summed E-state index contributed by atoms with van der Waals surface area (Å²) in [6.07, 6.45) is -0.0126. The van der Waals surface area contributed by atoms with E-state index in [0.29, 0.717) is 5.82 Å². The van der Waals surface area contributed by atoms with Crippen LogP contribution in [0.5, 0.6) is 0 Å². The highest BCUT2D eigenvalue weighted by Gasteiger charge is 2.25. The normalized spacial score (nSPS) is 12.7. The molecule has 21 heavy (non-hydrogen) atoms. The summed E-state index contributed by atoms with van der Waals surface area (Å²) in [7, 11) is 0. The van der Waals surface area contributed by atoms with Gasteiger partial charge in [-0.15, -0.1) is 25.3 Å². The van der Waals surface area contributed by atoms with Crippen LogP contribution in [0, 0.1) is 27.7 Å². The van der Waals surface area contributed by atoms with Crippen LogP contribution >= 0.6 is 25.3 Å². The minimum atomic E-state index is -0.690. The Morgan fingerprint density at radius 1 is 1.05 bits per heavy atom. The summed E-state index contributed by atoms with van der Waals surface area (Å²) >= 11 is 7.62. The van der Waals surface area contributed by atoms with Crippen LogP contribution in [0.2, 0.25) is 0 Å². The summed E-state index contributed by atoms with van der Waals surface area (Å²) in [6.45, 7) is 8.16. The van der Waals surface area contributed by atoms with Crippen molar-refractivity contribution in [2.45, 2.75) is 40.0 Å². The van der Waals surface area contributed by atoms with E-state index in [0.717, 1.165) is 22.2 Å². The number of thiol groups is 2. The van der Waals surface area contributed by atoms with E-state index < -0.39 is 5.92 Å². The van der Waals surface area contributed by atoms with E-state index >= 15 is 0 Å². The van der Waals surface area contributed by atoms with Crippen LogP contribution in [0.3, 0.4) is 0 Å². The third kappa shape index (κ3) is 2.87. The van der Waals surface area contributed by atoms with Gasteiger partial charge >= 0.3 is 0 Å². The van der Waals surface area contributed by atoms with Gasteiger partial charge in [0.05, 0.1) is 17.0 Å². The minimum Gasteiger partial charge on any atom is -0.341 e. The first-order valence-corrected chi connectivity index (χ1v) is 7.54. The molecule has 1 aromatic carbocycles. The van der Waals surface area contributed by atoms with Crippen LogP contribution in [0.1, 0.15) is 40.4 Å². The molecule has 0 amide bonds. The fraction of sp³-hybridized carbons (Fsp3) is 0.400. The molecule has 0 fully saturated rings. The molecule has 1 atom stereocenters. The monoisotopic (exact) mass is 322 g/mol. The van der Waals surface area contributed by atoms with Crippen LogP contribution < -0.4 is 0 Å². The van der Waals surface area contributed by atoms with Gasteiger partial charge in [0.2, 0.25) is 0 Å². The van der Waals surface area contributed by atoms with Crippen LogP contribution in [0.4, 0.5) is 0 Å². The quantitative estimate of drug-likeness (QED) is 0.758. The average Bonchev–Trinajstić information content (AvgIpc) is 2.84. The number of hydrogen-bond acceptors (Lipinski definition) is 3. The fourth-order valence-electron chi connectivity index (χ4n) is 2.50. The van der Waals surface area contributed by atoms with Crippen molar-refractivity contribution in [3.05, 3.63) is 28.1 Å². The molecule has 1 unspecified atom stereocenters. The summed E-state index contributed by atoms with van der Waals surface area (Å²) < 4.78 is 0. The lowest BCUT2D eigenvalue weighted by Gasteiger charge is -2.09. The highest BCUT2D eigenvalue weighted by Crippen LogP contribution is 2.30. The van der Waals surface area contributed by atoms with Gasteiger partial charge in [-0.05, 0) is 49.9 Å². The molecule has 0 saturated heterocycles. The Kier molecular flexibility index (Phi) is 4.49. The Labute approximate surface area is 134 Å². The zero-order valence-corrected chi connectivity index (χ0v) is 14.2. The second-order valence-electron chi connectivity index (χ2n) is 5.33. The van der Waals surface area contributed by atoms with Crippen molar-refractivity contribution in [3.8, 4) is 0 Å². The molecule has 0 aliphatic carbocycles. The fourth-order valence-corrected chi connectivity index (χ4v) is 2.90.